The molecule has 1 amide bonds. The van der Waals surface area contributed by atoms with Crippen LogP contribution in [-0.4, -0.2) is 23.4 Å². The number of rotatable bonds is 6. The quantitative estimate of drug-likeness (QED) is 0.551. The van der Waals surface area contributed by atoms with E-state index in [2.05, 4.69) is 5.32 Å². The molecule has 0 unspecified atom stereocenters. The number of benzene rings is 3. The highest BCUT2D eigenvalue weighted by atomic mass is 35.5. The van der Waals surface area contributed by atoms with Crippen LogP contribution in [-0.2, 0) is 11.3 Å². The van der Waals surface area contributed by atoms with Crippen molar-refractivity contribution in [2.45, 2.75) is 19.6 Å². The third-order valence-electron chi connectivity index (χ3n) is 5.06. The van der Waals surface area contributed by atoms with E-state index >= 15 is 0 Å². The summed E-state index contributed by atoms with van der Waals surface area (Å²) in [5.41, 5.74) is 3.74. The van der Waals surface area contributed by atoms with Gasteiger partial charge in [-0.15, -0.1) is 0 Å². The molecular weight excluding hydrogens is 400 g/mol. The largest absolute Gasteiger partial charge is 0.462 e. The highest BCUT2D eigenvalue weighted by Gasteiger charge is 2.36. The number of carbonyl (C=O) groups excluding carboxylic acids is 2. The summed E-state index contributed by atoms with van der Waals surface area (Å²) in [6, 6.07) is 22.1. The van der Waals surface area contributed by atoms with E-state index in [1.807, 2.05) is 60.7 Å². The van der Waals surface area contributed by atoms with Crippen LogP contribution in [0.1, 0.15) is 44.9 Å². The van der Waals surface area contributed by atoms with Crippen LogP contribution < -0.4 is 5.32 Å². The predicted molar refractivity (Wildman–Crippen MR) is 117 cm³/mol. The van der Waals surface area contributed by atoms with Crippen LogP contribution in [0.3, 0.4) is 0 Å². The number of nitrogens with one attached hydrogen (secondary N) is 1. The van der Waals surface area contributed by atoms with E-state index in [0.29, 0.717) is 29.3 Å². The van der Waals surface area contributed by atoms with Gasteiger partial charge in [-0.3, -0.25) is 4.79 Å². The van der Waals surface area contributed by atoms with Gasteiger partial charge in [0.2, 0.25) is 0 Å². The summed E-state index contributed by atoms with van der Waals surface area (Å²) in [6.07, 6.45) is -0.349. The number of fused-ring (bicyclic) bond motifs is 1. The monoisotopic (exact) mass is 420 g/mol. The zero-order valence-electron chi connectivity index (χ0n) is 16.5. The van der Waals surface area contributed by atoms with E-state index in [-0.39, 0.29) is 18.0 Å². The Labute approximate surface area is 180 Å². The highest BCUT2D eigenvalue weighted by Crippen LogP contribution is 2.36. The highest BCUT2D eigenvalue weighted by molar-refractivity contribution is 6.31. The Bertz CT molecular complexity index is 1080. The molecule has 1 atom stereocenters. The number of amides is 1. The molecule has 1 N–H and O–H groups in total. The first-order valence-electron chi connectivity index (χ1n) is 9.75. The smallest absolute Gasteiger partial charge is 0.338 e. The van der Waals surface area contributed by atoms with Crippen molar-refractivity contribution in [3.8, 4) is 0 Å². The SMILES string of the molecule is CCOC(=O)c1ccc(N[C@@H]2c3ccccc3C(=O)N2Cc2ccccc2Cl)cc1. The second kappa shape index (κ2) is 8.59. The number of esters is 1. The van der Waals surface area contributed by atoms with Crippen LogP contribution in [0.4, 0.5) is 5.69 Å². The lowest BCUT2D eigenvalue weighted by Crippen LogP contribution is -2.32. The average molecular weight is 421 g/mol. The van der Waals surface area contributed by atoms with E-state index in [9.17, 15) is 9.59 Å². The third kappa shape index (κ3) is 3.89. The molecule has 6 heteroatoms. The van der Waals surface area contributed by atoms with Crippen molar-refractivity contribution in [1.82, 2.24) is 4.90 Å². The Morgan fingerprint density at radius 2 is 1.73 bits per heavy atom. The molecule has 0 saturated heterocycles. The maximum absolute atomic E-state index is 13.1. The first-order valence-corrected chi connectivity index (χ1v) is 10.1. The van der Waals surface area contributed by atoms with Crippen molar-refractivity contribution in [3.63, 3.8) is 0 Å². The van der Waals surface area contributed by atoms with Crippen molar-refractivity contribution in [3.05, 3.63) is 100 Å². The van der Waals surface area contributed by atoms with Gasteiger partial charge in [-0.2, -0.15) is 0 Å². The predicted octanol–water partition coefficient (Wildman–Crippen LogP) is 5.28. The molecule has 0 saturated carbocycles. The molecule has 0 fully saturated rings. The van der Waals surface area contributed by atoms with Crippen LogP contribution in [0.5, 0.6) is 0 Å². The standard InChI is InChI=1S/C24H21ClN2O3/c1-2-30-24(29)16-11-13-18(14-12-16)26-22-19-8-4-5-9-20(19)23(28)27(22)15-17-7-3-6-10-21(17)25/h3-14,22,26H,2,15H2,1H3/t22-/m0/s1. The van der Waals surface area contributed by atoms with Gasteiger partial charge >= 0.3 is 5.97 Å². The summed E-state index contributed by atoms with van der Waals surface area (Å²) in [5.74, 6) is -0.406. The van der Waals surface area contributed by atoms with Gasteiger partial charge in [0.05, 0.1) is 12.2 Å². The first-order chi connectivity index (χ1) is 14.6. The summed E-state index contributed by atoms with van der Waals surface area (Å²) in [6.45, 7) is 2.48. The van der Waals surface area contributed by atoms with E-state index in [1.54, 1.807) is 24.0 Å². The second-order valence-corrected chi connectivity index (χ2v) is 7.36. The van der Waals surface area contributed by atoms with Crippen LogP contribution in [0.15, 0.2) is 72.8 Å². The number of carbonyl (C=O) groups is 2. The van der Waals surface area contributed by atoms with Gasteiger partial charge < -0.3 is 15.0 Å². The fourth-order valence-electron chi connectivity index (χ4n) is 3.57. The second-order valence-electron chi connectivity index (χ2n) is 6.96. The molecule has 0 spiro atoms. The Hall–Kier alpha value is -3.31. The summed E-state index contributed by atoms with van der Waals surface area (Å²) in [4.78, 5) is 26.8. The molecule has 1 aliphatic rings. The van der Waals surface area contributed by atoms with Crippen molar-refractivity contribution in [1.29, 1.82) is 0 Å². The number of hydrogen-bond donors (Lipinski definition) is 1. The molecule has 3 aromatic carbocycles. The number of anilines is 1. The van der Waals surface area contributed by atoms with E-state index < -0.39 is 0 Å². The van der Waals surface area contributed by atoms with Crippen LogP contribution >= 0.6 is 11.6 Å². The minimum atomic E-state index is -0.356. The first kappa shape index (κ1) is 20.0. The van der Waals surface area contributed by atoms with Crippen LogP contribution in [0, 0.1) is 0 Å². The van der Waals surface area contributed by atoms with Gasteiger partial charge in [-0.25, -0.2) is 4.79 Å². The van der Waals surface area contributed by atoms with Crippen LogP contribution in [0.2, 0.25) is 5.02 Å². The molecule has 1 aliphatic heterocycles. The summed E-state index contributed by atoms with van der Waals surface area (Å²) in [7, 11) is 0. The van der Waals surface area contributed by atoms with Crippen molar-refractivity contribution < 1.29 is 14.3 Å². The zero-order valence-corrected chi connectivity index (χ0v) is 17.2. The lowest BCUT2D eigenvalue weighted by Gasteiger charge is -2.27. The number of hydrogen-bond acceptors (Lipinski definition) is 4. The summed E-state index contributed by atoms with van der Waals surface area (Å²) < 4.78 is 5.03. The Kier molecular flexibility index (Phi) is 5.72. The van der Waals surface area contributed by atoms with Gasteiger partial charge in [0.15, 0.2) is 0 Å². The lowest BCUT2D eigenvalue weighted by molar-refractivity contribution is 0.0526. The molecule has 4 rings (SSSR count). The van der Waals surface area contributed by atoms with Gasteiger partial charge in [0, 0.05) is 28.4 Å². The molecular formula is C24H21ClN2O3. The van der Waals surface area contributed by atoms with Crippen LogP contribution in [0.25, 0.3) is 0 Å². The van der Waals surface area contributed by atoms with Gasteiger partial charge in [0.1, 0.15) is 6.17 Å². The minimum absolute atomic E-state index is 0.0498. The van der Waals surface area contributed by atoms with Gasteiger partial charge in [0.25, 0.3) is 5.91 Å². The number of ether oxygens (including phenoxy) is 1. The molecule has 152 valence electrons. The van der Waals surface area contributed by atoms with Crippen molar-refractivity contribution in [2.24, 2.45) is 0 Å². The topological polar surface area (TPSA) is 58.6 Å². The molecule has 0 aromatic heterocycles. The number of nitrogens with zero attached hydrogens (tertiary/aromatic N) is 1. The fraction of sp³-hybridized carbons (Fsp3) is 0.167. The van der Waals surface area contributed by atoms with Crippen molar-refractivity contribution in [2.75, 3.05) is 11.9 Å². The molecule has 0 radical (unpaired) electrons. The minimum Gasteiger partial charge on any atom is -0.462 e. The number of halogens is 1. The van der Waals surface area contributed by atoms with Gasteiger partial charge in [-0.05, 0) is 48.9 Å². The Balaban J connectivity index is 1.62. The summed E-state index contributed by atoms with van der Waals surface area (Å²) in [5, 5.41) is 4.05. The van der Waals surface area contributed by atoms with Crippen molar-refractivity contribution >= 4 is 29.2 Å². The normalized spacial score (nSPS) is 15.1. The van der Waals surface area contributed by atoms with E-state index in [0.717, 1.165) is 16.8 Å². The Morgan fingerprint density at radius 1 is 1.03 bits per heavy atom. The maximum Gasteiger partial charge on any atom is 0.338 e. The van der Waals surface area contributed by atoms with E-state index in [1.165, 1.54) is 0 Å². The molecule has 1 heterocycles. The molecule has 5 nitrogen and oxygen atoms in total. The Morgan fingerprint density at radius 3 is 2.47 bits per heavy atom. The zero-order chi connectivity index (χ0) is 21.1. The fourth-order valence-corrected chi connectivity index (χ4v) is 3.77. The molecule has 0 bridgehead atoms. The maximum atomic E-state index is 13.1. The lowest BCUT2D eigenvalue weighted by atomic mass is 10.1. The third-order valence-corrected chi connectivity index (χ3v) is 5.42. The molecule has 30 heavy (non-hydrogen) atoms. The van der Waals surface area contributed by atoms with Gasteiger partial charge in [-0.1, -0.05) is 48.0 Å². The average Bonchev–Trinajstić information content (AvgIpc) is 3.02. The van der Waals surface area contributed by atoms with E-state index in [4.69, 9.17) is 16.3 Å². The molecule has 3 aromatic rings. The molecule has 0 aliphatic carbocycles. The summed E-state index contributed by atoms with van der Waals surface area (Å²) >= 11 is 6.34.